The maximum atomic E-state index is 5.40. The third kappa shape index (κ3) is 1.13. The molecule has 0 aromatic carbocycles. The van der Waals surface area contributed by atoms with Crippen molar-refractivity contribution in [2.24, 2.45) is 11.8 Å². The van der Waals surface area contributed by atoms with Crippen LogP contribution in [-0.2, 0) is 9.47 Å². The van der Waals surface area contributed by atoms with Gasteiger partial charge in [0.2, 0.25) is 0 Å². The summed E-state index contributed by atoms with van der Waals surface area (Å²) in [6, 6.07) is 3.04. The van der Waals surface area contributed by atoms with Crippen molar-refractivity contribution in [3.63, 3.8) is 0 Å². The van der Waals surface area contributed by atoms with Crippen molar-refractivity contribution in [2.45, 2.75) is 12.7 Å². The average molecular weight is 154 g/mol. The van der Waals surface area contributed by atoms with E-state index < -0.39 is 0 Å². The second-order valence-electron chi connectivity index (χ2n) is 2.98. The lowest BCUT2D eigenvalue weighted by Crippen LogP contribution is -2.13. The smallest absolute Gasteiger partial charge is 0.278 e. The molecular formula is C8H12NO2+. The Balaban J connectivity index is 2.06. The summed E-state index contributed by atoms with van der Waals surface area (Å²) in [4.78, 5) is 3.89. The third-order valence-corrected chi connectivity index (χ3v) is 2.33. The van der Waals surface area contributed by atoms with Crippen LogP contribution in [0.25, 0.3) is 4.85 Å². The molecule has 0 N–H and O–H groups in total. The molecule has 0 aromatic heterocycles. The Morgan fingerprint density at radius 2 is 2.36 bits per heavy atom. The normalized spacial score (nSPS) is 41.4. The Hall–Kier alpha value is -0.590. The number of fused-ring (bicyclic) bond motifs is 1. The van der Waals surface area contributed by atoms with Gasteiger partial charge < -0.3 is 9.47 Å². The minimum Gasteiger partial charge on any atom is -0.352 e. The first-order chi connectivity index (χ1) is 5.42. The monoisotopic (exact) mass is 154 g/mol. The van der Waals surface area contributed by atoms with Crippen molar-refractivity contribution in [1.29, 1.82) is 0 Å². The molecular weight excluding hydrogens is 142 g/mol. The van der Waals surface area contributed by atoms with Crippen LogP contribution in [0.1, 0.15) is 6.42 Å². The first-order valence-corrected chi connectivity index (χ1v) is 3.99. The highest BCUT2D eigenvalue weighted by molar-refractivity contribution is 5.00. The second kappa shape index (κ2) is 2.80. The minimum absolute atomic E-state index is 0.0363. The Bertz CT molecular complexity index is 206. The van der Waals surface area contributed by atoms with Crippen molar-refractivity contribution in [3.8, 4) is 6.07 Å². The van der Waals surface area contributed by atoms with Gasteiger partial charge in [-0.15, -0.1) is 0 Å². The molecule has 2 rings (SSSR count). The topological polar surface area (TPSA) is 22.8 Å². The lowest BCUT2D eigenvalue weighted by Gasteiger charge is -2.04. The summed E-state index contributed by atoms with van der Waals surface area (Å²) in [6.07, 6.45) is 1.13. The maximum absolute atomic E-state index is 5.40. The highest BCUT2D eigenvalue weighted by atomic mass is 16.7. The van der Waals surface area contributed by atoms with Crippen LogP contribution < -0.4 is 0 Å². The molecule has 0 aliphatic carbocycles. The summed E-state index contributed by atoms with van der Waals surface area (Å²) in [5.74, 6) is 0.881. The molecule has 0 radical (unpaired) electrons. The molecule has 0 aromatic rings. The lowest BCUT2D eigenvalue weighted by molar-refractivity contribution is -0.0905. The van der Waals surface area contributed by atoms with Gasteiger partial charge in [-0.05, 0) is 6.42 Å². The van der Waals surface area contributed by atoms with Gasteiger partial charge in [-0.3, -0.25) is 0 Å². The molecule has 3 heteroatoms. The standard InChI is InChI=1S/C8H12NO2/c1-9-4-6-5-11-8-7(6)2-3-10-8/h6-8H,2-3,5H2,1H3/q+1/t6?,7-,8+/m0/s1. The van der Waals surface area contributed by atoms with Crippen LogP contribution in [0.3, 0.4) is 0 Å². The fraction of sp³-hybridized carbons (Fsp3) is 0.875. The fourth-order valence-corrected chi connectivity index (χ4v) is 1.76. The van der Waals surface area contributed by atoms with Crippen LogP contribution in [0, 0.1) is 17.9 Å². The van der Waals surface area contributed by atoms with E-state index >= 15 is 0 Å². The number of hydrogen-bond acceptors (Lipinski definition) is 2. The molecule has 60 valence electrons. The van der Waals surface area contributed by atoms with Crippen molar-refractivity contribution in [2.75, 3.05) is 20.3 Å². The van der Waals surface area contributed by atoms with Gasteiger partial charge in [-0.25, -0.2) is 0 Å². The SMILES string of the molecule is C[N+]#CC1CO[C@H]2OCC[C@@H]12. The average Bonchev–Trinajstić information content (AvgIpc) is 2.53. The molecule has 0 spiro atoms. The van der Waals surface area contributed by atoms with Gasteiger partial charge in [-0.1, -0.05) is 4.85 Å². The second-order valence-corrected chi connectivity index (χ2v) is 2.98. The van der Waals surface area contributed by atoms with Gasteiger partial charge in [0.25, 0.3) is 13.1 Å². The minimum atomic E-state index is 0.0363. The van der Waals surface area contributed by atoms with E-state index in [1.165, 1.54) is 0 Å². The van der Waals surface area contributed by atoms with E-state index in [-0.39, 0.29) is 6.29 Å². The van der Waals surface area contributed by atoms with Crippen molar-refractivity contribution >= 4 is 0 Å². The predicted molar refractivity (Wildman–Crippen MR) is 40.5 cm³/mol. The fourth-order valence-electron chi connectivity index (χ4n) is 1.76. The first kappa shape index (κ1) is 7.08. The van der Waals surface area contributed by atoms with Crippen molar-refractivity contribution < 1.29 is 9.47 Å². The molecule has 0 amide bonds. The molecule has 2 saturated heterocycles. The largest absolute Gasteiger partial charge is 0.352 e. The summed E-state index contributed by atoms with van der Waals surface area (Å²) in [5.41, 5.74) is 0. The van der Waals surface area contributed by atoms with Gasteiger partial charge in [0.1, 0.15) is 5.92 Å². The summed E-state index contributed by atoms with van der Waals surface area (Å²) in [7, 11) is 1.75. The first-order valence-electron chi connectivity index (χ1n) is 3.99. The van der Waals surface area contributed by atoms with Crippen LogP contribution in [0.15, 0.2) is 0 Å². The number of hydrogen-bond donors (Lipinski definition) is 0. The van der Waals surface area contributed by atoms with E-state index in [1.54, 1.807) is 7.05 Å². The Labute approximate surface area is 66.1 Å². The molecule has 2 aliphatic rings. The summed E-state index contributed by atoms with van der Waals surface area (Å²) in [6.45, 7) is 1.56. The zero-order valence-electron chi connectivity index (χ0n) is 6.62. The van der Waals surface area contributed by atoms with Crippen molar-refractivity contribution in [1.82, 2.24) is 0 Å². The third-order valence-electron chi connectivity index (χ3n) is 2.33. The van der Waals surface area contributed by atoms with E-state index in [0.29, 0.717) is 11.8 Å². The highest BCUT2D eigenvalue weighted by Crippen LogP contribution is 2.34. The summed E-state index contributed by atoms with van der Waals surface area (Å²) < 4.78 is 10.7. The van der Waals surface area contributed by atoms with E-state index in [1.807, 2.05) is 0 Å². The van der Waals surface area contributed by atoms with Crippen molar-refractivity contribution in [3.05, 3.63) is 4.85 Å². The molecule has 2 aliphatic heterocycles. The predicted octanol–water partition coefficient (Wildman–Crippen LogP) is 0.958. The zero-order chi connectivity index (χ0) is 7.68. The van der Waals surface area contributed by atoms with Crippen LogP contribution in [0.2, 0.25) is 0 Å². The van der Waals surface area contributed by atoms with E-state index in [4.69, 9.17) is 9.47 Å². The molecule has 0 saturated carbocycles. The van der Waals surface area contributed by atoms with E-state index in [0.717, 1.165) is 19.6 Å². The van der Waals surface area contributed by atoms with Crippen LogP contribution in [0.4, 0.5) is 0 Å². The van der Waals surface area contributed by atoms with Gasteiger partial charge in [0, 0.05) is 5.92 Å². The van der Waals surface area contributed by atoms with Gasteiger partial charge >= 0.3 is 0 Å². The lowest BCUT2D eigenvalue weighted by atomic mass is 9.95. The van der Waals surface area contributed by atoms with Gasteiger partial charge in [0.15, 0.2) is 6.29 Å². The van der Waals surface area contributed by atoms with Crippen LogP contribution >= 0.6 is 0 Å². The molecule has 2 heterocycles. The number of nitrogens with zero attached hydrogens (tertiary/aromatic N) is 1. The number of rotatable bonds is 0. The molecule has 3 nitrogen and oxygen atoms in total. The van der Waals surface area contributed by atoms with E-state index in [9.17, 15) is 0 Å². The molecule has 3 atom stereocenters. The summed E-state index contributed by atoms with van der Waals surface area (Å²) in [5, 5.41) is 0. The number of ether oxygens (including phenoxy) is 2. The molecule has 1 unspecified atom stereocenters. The Morgan fingerprint density at radius 1 is 1.45 bits per heavy atom. The molecule has 11 heavy (non-hydrogen) atoms. The molecule has 2 fully saturated rings. The van der Waals surface area contributed by atoms with E-state index in [2.05, 4.69) is 10.9 Å². The quantitative estimate of drug-likeness (QED) is 0.518. The zero-order valence-corrected chi connectivity index (χ0v) is 6.62. The Kier molecular flexibility index (Phi) is 1.80. The highest BCUT2D eigenvalue weighted by Gasteiger charge is 2.43. The summed E-state index contributed by atoms with van der Waals surface area (Å²) >= 11 is 0. The maximum Gasteiger partial charge on any atom is 0.278 e. The van der Waals surface area contributed by atoms with Gasteiger partial charge in [0.05, 0.1) is 13.2 Å². The molecule has 0 bridgehead atoms. The van der Waals surface area contributed by atoms with Crippen LogP contribution in [-0.4, -0.2) is 26.6 Å². The van der Waals surface area contributed by atoms with Crippen LogP contribution in [0.5, 0.6) is 0 Å². The van der Waals surface area contributed by atoms with Gasteiger partial charge in [-0.2, -0.15) is 0 Å². The Morgan fingerprint density at radius 3 is 3.18 bits per heavy atom.